The first kappa shape index (κ1) is 19.8. The lowest BCUT2D eigenvalue weighted by molar-refractivity contribution is -0.145. The lowest BCUT2D eigenvalue weighted by Crippen LogP contribution is -2.46. The molecule has 30 heavy (non-hydrogen) atoms. The Morgan fingerprint density at radius 1 is 1.13 bits per heavy atom. The highest BCUT2D eigenvalue weighted by atomic mass is 16.6. The molecule has 0 spiro atoms. The fraction of sp³-hybridized carbons (Fsp3) is 0.318. The van der Waals surface area contributed by atoms with Crippen LogP contribution in [0.4, 0.5) is 0 Å². The number of hydrogen-bond acceptors (Lipinski definition) is 6. The maximum absolute atomic E-state index is 12.9. The highest BCUT2D eigenvalue weighted by Gasteiger charge is 2.47. The largest absolute Gasteiger partial charge is 0.493 e. The molecule has 0 radical (unpaired) electrons. The summed E-state index contributed by atoms with van der Waals surface area (Å²) in [7, 11) is 2.90. The molecule has 2 heterocycles. The number of cyclic esters (lactones) is 1. The van der Waals surface area contributed by atoms with E-state index in [1.54, 1.807) is 12.1 Å². The van der Waals surface area contributed by atoms with Crippen LogP contribution >= 0.6 is 0 Å². The number of benzene rings is 2. The van der Waals surface area contributed by atoms with Gasteiger partial charge in [-0.05, 0) is 24.1 Å². The monoisotopic (exact) mass is 410 g/mol. The summed E-state index contributed by atoms with van der Waals surface area (Å²) < 4.78 is 16.1. The fourth-order valence-electron chi connectivity index (χ4n) is 3.95. The number of rotatable bonds is 6. The summed E-state index contributed by atoms with van der Waals surface area (Å²) >= 11 is 0. The van der Waals surface area contributed by atoms with Crippen molar-refractivity contribution in [2.24, 2.45) is 0 Å². The van der Waals surface area contributed by atoms with Crippen LogP contribution in [0.2, 0.25) is 0 Å². The van der Waals surface area contributed by atoms with Crippen molar-refractivity contribution in [1.29, 1.82) is 0 Å². The second-order valence-corrected chi connectivity index (χ2v) is 7.08. The van der Waals surface area contributed by atoms with E-state index in [4.69, 9.17) is 14.2 Å². The SMILES string of the molecule is COc1ccc2c(c1OC)C(=O)O[C@@H]2N1C(=O)CC[C@@H]1C(=O)NCc1ccccc1. The van der Waals surface area contributed by atoms with Crippen molar-refractivity contribution in [2.75, 3.05) is 14.2 Å². The van der Waals surface area contributed by atoms with Crippen LogP contribution in [-0.2, 0) is 20.9 Å². The van der Waals surface area contributed by atoms with Gasteiger partial charge in [0.2, 0.25) is 18.0 Å². The average Bonchev–Trinajstić information content (AvgIpc) is 3.31. The predicted molar refractivity (Wildman–Crippen MR) is 106 cm³/mol. The summed E-state index contributed by atoms with van der Waals surface area (Å²) in [6, 6.07) is 12.1. The van der Waals surface area contributed by atoms with E-state index >= 15 is 0 Å². The Balaban J connectivity index is 1.59. The first-order chi connectivity index (χ1) is 14.5. The molecule has 2 aliphatic heterocycles. The van der Waals surface area contributed by atoms with Gasteiger partial charge in [-0.3, -0.25) is 14.5 Å². The van der Waals surface area contributed by atoms with Crippen LogP contribution in [0.25, 0.3) is 0 Å². The van der Waals surface area contributed by atoms with Crippen molar-refractivity contribution in [3.8, 4) is 11.5 Å². The van der Waals surface area contributed by atoms with Crippen LogP contribution in [-0.4, -0.2) is 42.9 Å². The van der Waals surface area contributed by atoms with Gasteiger partial charge < -0.3 is 19.5 Å². The number of methoxy groups -OCH3 is 2. The van der Waals surface area contributed by atoms with Gasteiger partial charge in [0, 0.05) is 18.5 Å². The minimum atomic E-state index is -0.977. The molecule has 2 amide bonds. The lowest BCUT2D eigenvalue weighted by atomic mass is 10.1. The minimum Gasteiger partial charge on any atom is -0.493 e. The molecule has 2 atom stereocenters. The molecule has 1 saturated heterocycles. The molecule has 1 N–H and O–H groups in total. The fourth-order valence-corrected chi connectivity index (χ4v) is 3.95. The van der Waals surface area contributed by atoms with Crippen LogP contribution in [0.5, 0.6) is 11.5 Å². The molecule has 2 aromatic rings. The van der Waals surface area contributed by atoms with E-state index in [1.807, 2.05) is 30.3 Å². The van der Waals surface area contributed by atoms with Crippen molar-refractivity contribution < 1.29 is 28.6 Å². The summed E-state index contributed by atoms with van der Waals surface area (Å²) in [6.07, 6.45) is -0.411. The van der Waals surface area contributed by atoms with Gasteiger partial charge in [0.25, 0.3) is 0 Å². The Bertz CT molecular complexity index is 991. The van der Waals surface area contributed by atoms with Gasteiger partial charge in [-0.2, -0.15) is 0 Å². The summed E-state index contributed by atoms with van der Waals surface area (Å²) in [5.74, 6) is -0.503. The van der Waals surface area contributed by atoms with E-state index in [9.17, 15) is 14.4 Å². The van der Waals surface area contributed by atoms with Crippen LogP contribution in [0.3, 0.4) is 0 Å². The summed E-state index contributed by atoms with van der Waals surface area (Å²) in [4.78, 5) is 39.4. The topological polar surface area (TPSA) is 94.2 Å². The van der Waals surface area contributed by atoms with Gasteiger partial charge in [-0.25, -0.2) is 4.79 Å². The maximum atomic E-state index is 12.9. The molecule has 8 nitrogen and oxygen atoms in total. The van der Waals surface area contributed by atoms with E-state index in [-0.39, 0.29) is 29.5 Å². The first-order valence-electron chi connectivity index (χ1n) is 9.63. The van der Waals surface area contributed by atoms with Crippen molar-refractivity contribution in [3.05, 3.63) is 59.2 Å². The van der Waals surface area contributed by atoms with Crippen molar-refractivity contribution >= 4 is 17.8 Å². The second kappa shape index (κ2) is 8.06. The van der Waals surface area contributed by atoms with Crippen molar-refractivity contribution in [3.63, 3.8) is 0 Å². The minimum absolute atomic E-state index is 0.208. The van der Waals surface area contributed by atoms with Crippen LogP contribution < -0.4 is 14.8 Å². The highest BCUT2D eigenvalue weighted by molar-refractivity contribution is 5.99. The molecule has 0 saturated carbocycles. The molecule has 156 valence electrons. The Morgan fingerprint density at radius 3 is 2.60 bits per heavy atom. The van der Waals surface area contributed by atoms with Crippen molar-refractivity contribution in [2.45, 2.75) is 31.7 Å². The quantitative estimate of drug-likeness (QED) is 0.734. The molecular formula is C22H22N2O6. The third kappa shape index (κ3) is 3.34. The van der Waals surface area contributed by atoms with E-state index in [2.05, 4.69) is 5.32 Å². The number of amides is 2. The predicted octanol–water partition coefficient (Wildman–Crippen LogP) is 2.18. The number of carbonyl (C=O) groups excluding carboxylic acids is 3. The Kier molecular flexibility index (Phi) is 5.31. The van der Waals surface area contributed by atoms with Crippen LogP contribution in [0, 0.1) is 0 Å². The van der Waals surface area contributed by atoms with Crippen molar-refractivity contribution in [1.82, 2.24) is 10.2 Å². The standard InChI is InChI=1S/C22H22N2O6/c1-28-16-10-8-14-18(19(16)29-2)22(27)30-21(14)24-15(9-11-17(24)25)20(26)23-12-13-6-4-3-5-7-13/h3-8,10,15,21H,9,11-12H2,1-2H3,(H,23,26)/t15-,21+/m1/s1. The number of likely N-dealkylation sites (tertiary alicyclic amines) is 1. The summed E-state index contributed by atoms with van der Waals surface area (Å²) in [5, 5.41) is 2.87. The number of nitrogens with zero attached hydrogens (tertiary/aromatic N) is 1. The van der Waals surface area contributed by atoms with E-state index in [1.165, 1.54) is 19.1 Å². The molecule has 1 fully saturated rings. The zero-order valence-corrected chi connectivity index (χ0v) is 16.7. The third-order valence-electron chi connectivity index (χ3n) is 5.39. The number of fused-ring (bicyclic) bond motifs is 1. The molecule has 2 aliphatic rings. The molecule has 0 unspecified atom stereocenters. The van der Waals surface area contributed by atoms with Gasteiger partial charge in [0.1, 0.15) is 11.6 Å². The number of ether oxygens (including phenoxy) is 3. The summed E-state index contributed by atoms with van der Waals surface area (Å²) in [5.41, 5.74) is 1.65. The Hall–Kier alpha value is -3.55. The smallest absolute Gasteiger partial charge is 0.344 e. The molecule has 8 heteroatoms. The third-order valence-corrected chi connectivity index (χ3v) is 5.39. The lowest BCUT2D eigenvalue weighted by Gasteiger charge is -2.29. The number of hydrogen-bond donors (Lipinski definition) is 1. The first-order valence-corrected chi connectivity index (χ1v) is 9.63. The normalized spacial score (nSPS) is 20.0. The van der Waals surface area contributed by atoms with E-state index in [0.717, 1.165) is 5.56 Å². The molecule has 0 bridgehead atoms. The van der Waals surface area contributed by atoms with Gasteiger partial charge >= 0.3 is 5.97 Å². The van der Waals surface area contributed by atoms with E-state index in [0.29, 0.717) is 24.3 Å². The van der Waals surface area contributed by atoms with Gasteiger partial charge in [-0.15, -0.1) is 0 Å². The van der Waals surface area contributed by atoms with Crippen LogP contribution in [0.15, 0.2) is 42.5 Å². The van der Waals surface area contributed by atoms with E-state index < -0.39 is 18.2 Å². The Morgan fingerprint density at radius 2 is 1.90 bits per heavy atom. The van der Waals surface area contributed by atoms with Gasteiger partial charge in [0.15, 0.2) is 11.5 Å². The number of nitrogens with one attached hydrogen (secondary N) is 1. The molecule has 4 rings (SSSR count). The molecule has 2 aromatic carbocycles. The van der Waals surface area contributed by atoms with Gasteiger partial charge in [-0.1, -0.05) is 30.3 Å². The Labute approximate surface area is 173 Å². The molecule has 0 aromatic heterocycles. The maximum Gasteiger partial charge on any atom is 0.344 e. The number of carbonyl (C=O) groups is 3. The van der Waals surface area contributed by atoms with Gasteiger partial charge in [0.05, 0.1) is 14.2 Å². The van der Waals surface area contributed by atoms with Crippen LogP contribution in [0.1, 0.15) is 40.6 Å². The molecular weight excluding hydrogens is 388 g/mol. The number of esters is 1. The highest BCUT2D eigenvalue weighted by Crippen LogP contribution is 2.45. The zero-order valence-electron chi connectivity index (χ0n) is 16.7. The second-order valence-electron chi connectivity index (χ2n) is 7.08. The average molecular weight is 410 g/mol. The zero-order chi connectivity index (χ0) is 21.3. The summed E-state index contributed by atoms with van der Waals surface area (Å²) in [6.45, 7) is 0.351. The molecule has 0 aliphatic carbocycles.